The molecule has 88 valence electrons. The van der Waals surface area contributed by atoms with Crippen molar-refractivity contribution in [2.24, 2.45) is 0 Å². The summed E-state index contributed by atoms with van der Waals surface area (Å²) in [5.41, 5.74) is 0. The number of hydrogen-bond donors (Lipinski definition) is 0. The highest BCUT2D eigenvalue weighted by Gasteiger charge is 2.16. The number of carbonyl (C=O) groups is 1. The standard InChI is InChI=1S/C8H10FN3O4/c1-6(9)7(13)16-5-4-11-3-2-10-8(11)12(14)15/h2-3,6H,4-5H2,1H3. The molecule has 16 heavy (non-hydrogen) atoms. The van der Waals surface area contributed by atoms with Crippen LogP contribution in [-0.2, 0) is 16.1 Å². The molecule has 0 saturated carbocycles. The van der Waals surface area contributed by atoms with Crippen molar-refractivity contribution in [3.8, 4) is 0 Å². The summed E-state index contributed by atoms with van der Waals surface area (Å²) >= 11 is 0. The summed E-state index contributed by atoms with van der Waals surface area (Å²) in [7, 11) is 0. The number of nitrogens with zero attached hydrogens (tertiary/aromatic N) is 3. The number of alkyl halides is 1. The summed E-state index contributed by atoms with van der Waals surface area (Å²) in [6, 6.07) is 0. The Bertz CT molecular complexity index is 390. The maximum absolute atomic E-state index is 12.4. The molecule has 1 rings (SSSR count). The maximum atomic E-state index is 12.4. The molecule has 1 aromatic rings. The third-order valence-electron chi connectivity index (χ3n) is 1.76. The van der Waals surface area contributed by atoms with E-state index in [1.165, 1.54) is 17.0 Å². The van der Waals surface area contributed by atoms with E-state index in [0.29, 0.717) is 0 Å². The van der Waals surface area contributed by atoms with Crippen LogP contribution in [0.15, 0.2) is 12.4 Å². The normalized spacial score (nSPS) is 12.1. The van der Waals surface area contributed by atoms with Crippen LogP contribution >= 0.6 is 0 Å². The minimum absolute atomic E-state index is 0.0643. The van der Waals surface area contributed by atoms with E-state index in [9.17, 15) is 19.3 Å². The molecule has 1 aromatic heterocycles. The van der Waals surface area contributed by atoms with E-state index in [1.54, 1.807) is 0 Å². The Kier molecular flexibility index (Phi) is 3.92. The van der Waals surface area contributed by atoms with Gasteiger partial charge in [0, 0.05) is 0 Å². The molecule has 0 aromatic carbocycles. The first-order valence-corrected chi connectivity index (χ1v) is 4.48. The Labute approximate surface area is 90.0 Å². The van der Waals surface area contributed by atoms with Crippen molar-refractivity contribution < 1.29 is 18.8 Å². The van der Waals surface area contributed by atoms with Crippen molar-refractivity contribution in [2.45, 2.75) is 19.6 Å². The zero-order valence-electron chi connectivity index (χ0n) is 8.50. The second-order valence-corrected chi connectivity index (χ2v) is 2.96. The molecule has 0 aliphatic heterocycles. The molecule has 0 bridgehead atoms. The molecule has 1 unspecified atom stereocenters. The highest BCUT2D eigenvalue weighted by atomic mass is 19.1. The van der Waals surface area contributed by atoms with Crippen LogP contribution in [0.1, 0.15) is 6.92 Å². The van der Waals surface area contributed by atoms with Crippen molar-refractivity contribution >= 4 is 11.9 Å². The molecule has 0 spiro atoms. The monoisotopic (exact) mass is 231 g/mol. The van der Waals surface area contributed by atoms with E-state index >= 15 is 0 Å². The molecule has 0 radical (unpaired) electrons. The molecule has 0 aliphatic rings. The lowest BCUT2D eigenvalue weighted by molar-refractivity contribution is -0.396. The summed E-state index contributed by atoms with van der Waals surface area (Å²) in [5.74, 6) is -1.33. The lowest BCUT2D eigenvalue weighted by Crippen LogP contribution is -2.18. The Hall–Kier alpha value is -1.99. The van der Waals surface area contributed by atoms with Crippen LogP contribution < -0.4 is 0 Å². The fraction of sp³-hybridized carbons (Fsp3) is 0.500. The minimum atomic E-state index is -1.70. The Balaban J connectivity index is 2.46. The van der Waals surface area contributed by atoms with Crippen molar-refractivity contribution in [1.29, 1.82) is 0 Å². The van der Waals surface area contributed by atoms with Crippen LogP contribution in [0, 0.1) is 10.1 Å². The second-order valence-electron chi connectivity index (χ2n) is 2.96. The number of aromatic nitrogens is 2. The van der Waals surface area contributed by atoms with Gasteiger partial charge in [-0.05, 0) is 11.8 Å². The predicted octanol–water partition coefficient (Wildman–Crippen LogP) is 0.692. The quantitative estimate of drug-likeness (QED) is 0.422. The zero-order valence-corrected chi connectivity index (χ0v) is 8.50. The number of carbonyl (C=O) groups excluding carboxylic acids is 1. The average Bonchev–Trinajstić information content (AvgIpc) is 2.65. The minimum Gasteiger partial charge on any atom is -0.460 e. The van der Waals surface area contributed by atoms with E-state index < -0.39 is 17.1 Å². The molecule has 0 aliphatic carbocycles. The maximum Gasteiger partial charge on any atom is 0.434 e. The molecular formula is C8H10FN3O4. The first kappa shape index (κ1) is 12.1. The van der Waals surface area contributed by atoms with Crippen LogP contribution in [0.2, 0.25) is 0 Å². The highest BCUT2D eigenvalue weighted by molar-refractivity contribution is 5.73. The van der Waals surface area contributed by atoms with Crippen LogP contribution in [0.25, 0.3) is 0 Å². The fourth-order valence-corrected chi connectivity index (χ4v) is 1.01. The predicted molar refractivity (Wildman–Crippen MR) is 50.4 cm³/mol. The summed E-state index contributed by atoms with van der Waals surface area (Å²) in [6.07, 6.45) is 0.945. The topological polar surface area (TPSA) is 87.3 Å². The zero-order chi connectivity index (χ0) is 12.1. The van der Waals surface area contributed by atoms with Crippen LogP contribution in [0.4, 0.5) is 10.3 Å². The van der Waals surface area contributed by atoms with Crippen LogP contribution in [-0.4, -0.2) is 33.2 Å². The Morgan fingerprint density at radius 3 is 3.06 bits per heavy atom. The number of halogens is 1. The van der Waals surface area contributed by atoms with Gasteiger partial charge in [0.15, 0.2) is 6.17 Å². The summed E-state index contributed by atoms with van der Waals surface area (Å²) in [5, 5.41) is 10.4. The fourth-order valence-electron chi connectivity index (χ4n) is 1.01. The summed E-state index contributed by atoms with van der Waals surface area (Å²) in [4.78, 5) is 24.0. The molecule has 0 amide bonds. The van der Waals surface area contributed by atoms with Gasteiger partial charge in [0.05, 0.1) is 0 Å². The van der Waals surface area contributed by atoms with Crippen LogP contribution in [0.3, 0.4) is 0 Å². The number of imidazole rings is 1. The van der Waals surface area contributed by atoms with Gasteiger partial charge >= 0.3 is 11.9 Å². The van der Waals surface area contributed by atoms with Gasteiger partial charge in [-0.1, -0.05) is 4.98 Å². The SMILES string of the molecule is CC(F)C(=O)OCCn1ccnc1[N+](=O)[O-]. The third-order valence-corrected chi connectivity index (χ3v) is 1.76. The van der Waals surface area contributed by atoms with E-state index in [4.69, 9.17) is 0 Å². The van der Waals surface area contributed by atoms with E-state index in [1.807, 2.05) is 0 Å². The lowest BCUT2D eigenvalue weighted by Gasteiger charge is -2.04. The summed E-state index contributed by atoms with van der Waals surface area (Å²) < 4.78 is 18.1. The Morgan fingerprint density at radius 1 is 1.81 bits per heavy atom. The smallest absolute Gasteiger partial charge is 0.434 e. The van der Waals surface area contributed by atoms with E-state index in [2.05, 4.69) is 9.72 Å². The largest absolute Gasteiger partial charge is 0.460 e. The van der Waals surface area contributed by atoms with Gasteiger partial charge in [0.2, 0.25) is 0 Å². The number of esters is 1. The molecule has 8 heteroatoms. The second kappa shape index (κ2) is 5.19. The molecule has 7 nitrogen and oxygen atoms in total. The van der Waals surface area contributed by atoms with Crippen molar-refractivity contribution in [2.75, 3.05) is 6.61 Å². The molecule has 0 N–H and O–H groups in total. The average molecular weight is 231 g/mol. The van der Waals surface area contributed by atoms with Crippen LogP contribution in [0.5, 0.6) is 0 Å². The van der Waals surface area contributed by atoms with Gasteiger partial charge in [-0.3, -0.25) is 0 Å². The number of rotatable bonds is 5. The summed E-state index contributed by atoms with van der Waals surface area (Å²) in [6.45, 7) is 0.987. The molecule has 1 atom stereocenters. The van der Waals surface area contributed by atoms with E-state index in [-0.39, 0.29) is 19.1 Å². The van der Waals surface area contributed by atoms with E-state index in [0.717, 1.165) is 6.92 Å². The number of nitro groups is 1. The van der Waals surface area contributed by atoms with Gasteiger partial charge in [-0.2, -0.15) is 0 Å². The van der Waals surface area contributed by atoms with Gasteiger partial charge in [0.25, 0.3) is 0 Å². The highest BCUT2D eigenvalue weighted by Crippen LogP contribution is 2.06. The molecule has 0 saturated heterocycles. The number of hydrogen-bond acceptors (Lipinski definition) is 5. The van der Waals surface area contributed by atoms with Gasteiger partial charge in [-0.25, -0.2) is 13.8 Å². The Morgan fingerprint density at radius 2 is 2.50 bits per heavy atom. The first-order chi connectivity index (χ1) is 7.52. The van der Waals surface area contributed by atoms with Crippen molar-refractivity contribution in [3.05, 3.63) is 22.5 Å². The van der Waals surface area contributed by atoms with Gasteiger partial charge in [-0.15, -0.1) is 0 Å². The van der Waals surface area contributed by atoms with Crippen molar-refractivity contribution in [1.82, 2.24) is 9.55 Å². The number of ether oxygens (including phenoxy) is 1. The molecule has 0 fully saturated rings. The van der Waals surface area contributed by atoms with Gasteiger partial charge < -0.3 is 14.9 Å². The van der Waals surface area contributed by atoms with Gasteiger partial charge in [0.1, 0.15) is 25.5 Å². The van der Waals surface area contributed by atoms with Crippen molar-refractivity contribution in [3.63, 3.8) is 0 Å². The lowest BCUT2D eigenvalue weighted by atomic mass is 10.4. The first-order valence-electron chi connectivity index (χ1n) is 4.48. The molecular weight excluding hydrogens is 221 g/mol. The third kappa shape index (κ3) is 3.01. The molecule has 1 heterocycles.